The lowest BCUT2D eigenvalue weighted by molar-refractivity contribution is 0.548. The van der Waals surface area contributed by atoms with E-state index >= 15 is 0 Å². The van der Waals surface area contributed by atoms with Gasteiger partial charge in [0.15, 0.2) is 0 Å². The van der Waals surface area contributed by atoms with E-state index in [1.807, 2.05) is 11.8 Å². The molecule has 0 aromatic heterocycles. The minimum atomic E-state index is -0.250. The maximum atomic E-state index is 2.82. The van der Waals surface area contributed by atoms with Crippen molar-refractivity contribution < 1.29 is 0 Å². The normalized spacial score (nSPS) is 14.2. The van der Waals surface area contributed by atoms with Crippen LogP contribution in [0.15, 0.2) is 94.7 Å². The highest BCUT2D eigenvalue weighted by molar-refractivity contribution is 7.99. The smallest absolute Gasteiger partial charge is 0.0292 e. The first-order valence-corrected chi connectivity index (χ1v) is 33.3. The second kappa shape index (κ2) is 22.3. The number of benzene rings is 6. The molecule has 0 bridgehead atoms. The summed E-state index contributed by atoms with van der Waals surface area (Å²) in [7, 11) is 0. The predicted octanol–water partition coefficient (Wildman–Crippen LogP) is 26.1. The first kappa shape index (κ1) is 69.8. The molecule has 0 fully saturated rings. The molecule has 0 aliphatic heterocycles. The summed E-state index contributed by atoms with van der Waals surface area (Å²) in [4.78, 5) is 2.57. The van der Waals surface area contributed by atoms with Gasteiger partial charge in [-0.2, -0.15) is 0 Å². The summed E-state index contributed by atoms with van der Waals surface area (Å²) in [6.07, 6.45) is 0. The Labute approximate surface area is 528 Å². The standard InChI is InChI=1S/C84H122S/c1-73(2,3)51-42-58(77(13,14)15)66(59(43-51)78(16,17)18)56-50-57(67-60(79(19,20)21)44-52(74(4,5)6)45-61(67)80(22,23)24)69(71-64(83(31,32)33)48-54(76(10,11)12)49-65(71)84(34,35)36)72(85-55-40-38-37-39-41-55)68(56)70-62(81(25,26)27)46-53(75(7,8)9)47-63(70)82(28,29)30/h37-50H,1-36H3. The van der Waals surface area contributed by atoms with Gasteiger partial charge in [-0.3, -0.25) is 0 Å². The average Bonchev–Trinajstić information content (AvgIpc) is 0.756. The summed E-state index contributed by atoms with van der Waals surface area (Å²) in [6, 6.07) is 35.3. The van der Waals surface area contributed by atoms with Crippen LogP contribution in [0.4, 0.5) is 0 Å². The highest BCUT2D eigenvalue weighted by Gasteiger charge is 2.42. The van der Waals surface area contributed by atoms with Crippen molar-refractivity contribution in [2.45, 2.75) is 324 Å². The Morgan fingerprint density at radius 2 is 0.388 bits per heavy atom. The third kappa shape index (κ3) is 14.9. The third-order valence-corrected chi connectivity index (χ3v) is 18.9. The van der Waals surface area contributed by atoms with Gasteiger partial charge < -0.3 is 0 Å². The zero-order valence-corrected chi connectivity index (χ0v) is 62.3. The van der Waals surface area contributed by atoms with E-state index in [9.17, 15) is 0 Å². The fraction of sp³-hybridized carbons (Fsp3) is 0.571. The molecule has 0 spiro atoms. The van der Waals surface area contributed by atoms with E-state index in [4.69, 9.17) is 0 Å². The van der Waals surface area contributed by atoms with Crippen LogP contribution in [0.2, 0.25) is 0 Å². The van der Waals surface area contributed by atoms with Crippen molar-refractivity contribution in [1.29, 1.82) is 0 Å². The van der Waals surface area contributed by atoms with Gasteiger partial charge in [-0.25, -0.2) is 0 Å². The van der Waals surface area contributed by atoms with Crippen LogP contribution < -0.4 is 0 Å². The Kier molecular flexibility index (Phi) is 18.3. The van der Waals surface area contributed by atoms with Crippen molar-refractivity contribution in [3.05, 3.63) is 152 Å². The van der Waals surface area contributed by atoms with E-state index < -0.39 is 0 Å². The molecule has 0 aliphatic rings. The van der Waals surface area contributed by atoms with Gasteiger partial charge in [-0.15, -0.1) is 0 Å². The molecule has 6 aromatic carbocycles. The quantitative estimate of drug-likeness (QED) is 0.160. The maximum absolute atomic E-state index is 2.82. The molecule has 0 radical (unpaired) electrons. The minimum absolute atomic E-state index is 0.0871. The van der Waals surface area contributed by atoms with Gasteiger partial charge >= 0.3 is 0 Å². The molecule has 464 valence electrons. The Balaban J connectivity index is 2.39. The minimum Gasteiger partial charge on any atom is -0.0887 e. The van der Waals surface area contributed by atoms with Crippen LogP contribution in [0.5, 0.6) is 0 Å². The van der Waals surface area contributed by atoms with E-state index in [-0.39, 0.29) is 65.0 Å². The first-order chi connectivity index (χ1) is 37.8. The molecule has 0 nitrogen and oxygen atoms in total. The zero-order chi connectivity index (χ0) is 65.3. The highest BCUT2D eigenvalue weighted by atomic mass is 32.2. The van der Waals surface area contributed by atoms with Crippen LogP contribution in [0.1, 0.15) is 316 Å². The maximum Gasteiger partial charge on any atom is 0.0292 e. The lowest BCUT2D eigenvalue weighted by Crippen LogP contribution is -2.26. The zero-order valence-electron chi connectivity index (χ0n) is 61.5. The van der Waals surface area contributed by atoms with Gasteiger partial charge in [-0.05, 0) is 183 Å². The van der Waals surface area contributed by atoms with Crippen molar-refractivity contribution in [3.63, 3.8) is 0 Å². The van der Waals surface area contributed by atoms with Crippen molar-refractivity contribution in [2.75, 3.05) is 0 Å². The molecule has 1 heteroatoms. The number of hydrogen-bond donors (Lipinski definition) is 0. The summed E-state index contributed by atoms with van der Waals surface area (Å²) in [5, 5.41) is 0. The molecule has 0 saturated carbocycles. The van der Waals surface area contributed by atoms with Gasteiger partial charge in [0, 0.05) is 20.9 Å². The van der Waals surface area contributed by atoms with E-state index in [1.165, 1.54) is 121 Å². The largest absolute Gasteiger partial charge is 0.0887 e. The Morgan fingerprint density at radius 3 is 0.565 bits per heavy atom. The molecule has 0 heterocycles. The summed E-state index contributed by atoms with van der Waals surface area (Å²) in [6.45, 7) is 88.3. The van der Waals surface area contributed by atoms with Gasteiger partial charge in [0.1, 0.15) is 0 Å². The van der Waals surface area contributed by atoms with E-state index in [0.29, 0.717) is 0 Å². The van der Waals surface area contributed by atoms with Crippen LogP contribution in [0.25, 0.3) is 44.5 Å². The molecule has 0 saturated heterocycles. The molecule has 6 rings (SSSR count). The van der Waals surface area contributed by atoms with Gasteiger partial charge in [0.2, 0.25) is 0 Å². The SMILES string of the molecule is CC(C)(C)c1cc(C(C)(C)C)c(-c2cc(-c3c(C(C)(C)C)cc(C(C)(C)C)cc3C(C)(C)C)c(-c3c(C(C)(C)C)cc(C(C)(C)C)cc3C(C)(C)C)c(Sc3ccccc3)c2-c2c(C(C)(C)C)cc(C(C)(C)C)cc2C(C)(C)C)c(C(C)(C)C)c1. The monoisotopic (exact) mass is 1160 g/mol. The summed E-state index contributed by atoms with van der Waals surface area (Å²) in [5.41, 5.74) is 25.3. The summed E-state index contributed by atoms with van der Waals surface area (Å²) in [5.74, 6) is 0. The Hall–Kier alpha value is -4.33. The first-order valence-electron chi connectivity index (χ1n) is 32.5. The molecule has 0 amide bonds. The summed E-state index contributed by atoms with van der Waals surface area (Å²) < 4.78 is 0. The van der Waals surface area contributed by atoms with Gasteiger partial charge in [0.25, 0.3) is 0 Å². The molecule has 0 aliphatic carbocycles. The average molecular weight is 1160 g/mol. The van der Waals surface area contributed by atoms with Crippen molar-refractivity contribution in [3.8, 4) is 44.5 Å². The van der Waals surface area contributed by atoms with E-state index in [1.54, 1.807) is 0 Å². The van der Waals surface area contributed by atoms with E-state index in [2.05, 4.69) is 334 Å². The van der Waals surface area contributed by atoms with Crippen LogP contribution in [-0.4, -0.2) is 0 Å². The Bertz CT molecular complexity index is 3090. The van der Waals surface area contributed by atoms with Crippen LogP contribution in [0, 0.1) is 0 Å². The predicted molar refractivity (Wildman–Crippen MR) is 383 cm³/mol. The third-order valence-electron chi connectivity index (χ3n) is 17.8. The highest BCUT2D eigenvalue weighted by Crippen LogP contribution is 2.61. The Morgan fingerprint density at radius 1 is 0.200 bits per heavy atom. The van der Waals surface area contributed by atoms with Gasteiger partial charge in [0.05, 0.1) is 0 Å². The molecular weight excluding hydrogens is 1040 g/mol. The van der Waals surface area contributed by atoms with Crippen molar-refractivity contribution >= 4 is 11.8 Å². The number of rotatable bonds is 6. The molecule has 6 aromatic rings. The molecule has 85 heavy (non-hydrogen) atoms. The molecule has 0 unspecified atom stereocenters. The van der Waals surface area contributed by atoms with Crippen molar-refractivity contribution in [1.82, 2.24) is 0 Å². The second-order valence-electron chi connectivity index (χ2n) is 38.3. The van der Waals surface area contributed by atoms with Crippen LogP contribution >= 0.6 is 11.8 Å². The van der Waals surface area contributed by atoms with Crippen molar-refractivity contribution in [2.24, 2.45) is 0 Å². The fourth-order valence-corrected chi connectivity index (χ4v) is 13.6. The molecular formula is C84H122S. The number of hydrogen-bond acceptors (Lipinski definition) is 1. The topological polar surface area (TPSA) is 0 Å². The lowest BCUT2D eigenvalue weighted by Gasteiger charge is -2.40. The van der Waals surface area contributed by atoms with Gasteiger partial charge in [-0.1, -0.05) is 328 Å². The van der Waals surface area contributed by atoms with Crippen LogP contribution in [0.3, 0.4) is 0 Å². The molecule has 0 atom stereocenters. The van der Waals surface area contributed by atoms with E-state index in [0.717, 1.165) is 0 Å². The second-order valence-corrected chi connectivity index (χ2v) is 39.3. The molecule has 0 N–H and O–H groups in total. The van der Waals surface area contributed by atoms with Crippen LogP contribution in [-0.2, 0) is 65.0 Å². The fourth-order valence-electron chi connectivity index (χ4n) is 12.4. The lowest BCUT2D eigenvalue weighted by atomic mass is 9.65. The summed E-state index contributed by atoms with van der Waals surface area (Å²) >= 11 is 2.01.